The lowest BCUT2D eigenvalue weighted by atomic mass is 10.0. The molecule has 1 fully saturated rings. The van der Waals surface area contributed by atoms with Crippen LogP contribution >= 0.6 is 0 Å². The van der Waals surface area contributed by atoms with Gasteiger partial charge in [0.2, 0.25) is 26.0 Å². The summed E-state index contributed by atoms with van der Waals surface area (Å²) >= 11 is 0. The Hall–Kier alpha value is -3.91. The molecule has 0 bridgehead atoms. The number of primary sulfonamides is 2. The van der Waals surface area contributed by atoms with Crippen LogP contribution in [0.4, 0.5) is 5.69 Å². The minimum Gasteiger partial charge on any atom is -0.326 e. The number of hydrogen-bond donors (Lipinski definition) is 2. The summed E-state index contributed by atoms with van der Waals surface area (Å²) in [5.41, 5.74) is 1.91. The number of aryl methyl sites for hydroxylation is 1. The van der Waals surface area contributed by atoms with Gasteiger partial charge in [0, 0.05) is 12.1 Å². The molecule has 4 rings (SSSR count). The van der Waals surface area contributed by atoms with Crippen molar-refractivity contribution < 1.29 is 31.2 Å². The number of rotatable bonds is 8. The second kappa shape index (κ2) is 10.7. The summed E-state index contributed by atoms with van der Waals surface area (Å²) in [6.45, 7) is 1.82. The van der Waals surface area contributed by atoms with E-state index in [1.54, 1.807) is 43.3 Å². The highest BCUT2D eigenvalue weighted by atomic mass is 32.2. The van der Waals surface area contributed by atoms with Crippen LogP contribution in [0, 0.1) is 6.92 Å². The number of imide groups is 1. The Morgan fingerprint density at radius 3 is 1.95 bits per heavy atom. The van der Waals surface area contributed by atoms with Crippen molar-refractivity contribution in [1.82, 2.24) is 4.90 Å². The van der Waals surface area contributed by atoms with E-state index in [0.717, 1.165) is 4.90 Å². The van der Waals surface area contributed by atoms with Gasteiger partial charge in [-0.3, -0.25) is 14.4 Å². The molecule has 0 aliphatic carbocycles. The monoisotopic (exact) mass is 570 g/mol. The minimum atomic E-state index is -3.97. The van der Waals surface area contributed by atoms with Crippen LogP contribution in [-0.2, 0) is 36.1 Å². The summed E-state index contributed by atoms with van der Waals surface area (Å²) in [6.07, 6.45) is 0.00129. The maximum atomic E-state index is 13.7. The van der Waals surface area contributed by atoms with E-state index in [1.165, 1.54) is 41.3 Å². The highest BCUT2D eigenvalue weighted by molar-refractivity contribution is 7.89. The van der Waals surface area contributed by atoms with E-state index in [0.29, 0.717) is 16.7 Å². The van der Waals surface area contributed by atoms with Crippen molar-refractivity contribution >= 4 is 43.5 Å². The van der Waals surface area contributed by atoms with Gasteiger partial charge in [0.1, 0.15) is 6.04 Å². The zero-order valence-corrected chi connectivity index (χ0v) is 22.5. The molecular weight excluding hydrogens is 544 g/mol. The first-order valence-corrected chi connectivity index (χ1v) is 14.8. The van der Waals surface area contributed by atoms with Crippen molar-refractivity contribution in [3.05, 3.63) is 89.5 Å². The van der Waals surface area contributed by atoms with E-state index >= 15 is 0 Å². The molecule has 0 aromatic heterocycles. The van der Waals surface area contributed by atoms with Crippen LogP contribution in [0.15, 0.2) is 82.6 Å². The topological polar surface area (TPSA) is 178 Å². The smallest absolute Gasteiger partial charge is 0.257 e. The first-order valence-electron chi connectivity index (χ1n) is 11.8. The summed E-state index contributed by atoms with van der Waals surface area (Å²) in [4.78, 5) is 42.2. The van der Waals surface area contributed by atoms with Gasteiger partial charge in [0.05, 0.1) is 21.9 Å². The summed E-state index contributed by atoms with van der Waals surface area (Å²) < 4.78 is 46.3. The summed E-state index contributed by atoms with van der Waals surface area (Å²) in [5, 5.41) is 10.3. The van der Waals surface area contributed by atoms with Gasteiger partial charge >= 0.3 is 0 Å². The molecule has 1 saturated heterocycles. The SMILES string of the molecule is Cc1ccccc1C(=O)N(CCc1ccc(S(N)(=O)=O)cc1)C1CC(=O)N(c2ccc(S(N)(=O)=O)cc2)C1=O. The molecular formula is C26H26N4O7S2. The van der Waals surface area contributed by atoms with Crippen LogP contribution in [0.2, 0.25) is 0 Å². The van der Waals surface area contributed by atoms with Crippen molar-refractivity contribution in [3.63, 3.8) is 0 Å². The van der Waals surface area contributed by atoms with E-state index in [9.17, 15) is 31.2 Å². The normalized spacial score (nSPS) is 16.0. The number of sulfonamides is 2. The van der Waals surface area contributed by atoms with Gasteiger partial charge in [0.25, 0.3) is 11.8 Å². The fourth-order valence-corrected chi connectivity index (χ4v) is 5.41. The van der Waals surface area contributed by atoms with E-state index in [4.69, 9.17) is 10.3 Å². The number of carbonyl (C=O) groups is 3. The summed E-state index contributed by atoms with van der Waals surface area (Å²) in [6, 6.07) is 16.6. The third-order valence-electron chi connectivity index (χ3n) is 6.45. The molecule has 0 spiro atoms. The third kappa shape index (κ3) is 6.06. The number of nitrogens with zero attached hydrogens (tertiary/aromatic N) is 2. The van der Waals surface area contributed by atoms with Gasteiger partial charge in [-0.15, -0.1) is 0 Å². The van der Waals surface area contributed by atoms with Gasteiger partial charge in [-0.1, -0.05) is 30.3 Å². The zero-order chi connectivity index (χ0) is 28.5. The number of carbonyl (C=O) groups excluding carboxylic acids is 3. The quantitative estimate of drug-likeness (QED) is 0.383. The lowest BCUT2D eigenvalue weighted by molar-refractivity contribution is -0.122. The molecule has 3 amide bonds. The van der Waals surface area contributed by atoms with Crippen molar-refractivity contribution in [2.24, 2.45) is 10.3 Å². The number of anilines is 1. The fraction of sp³-hybridized carbons (Fsp3) is 0.192. The van der Waals surface area contributed by atoms with Gasteiger partial charge in [0.15, 0.2) is 0 Å². The van der Waals surface area contributed by atoms with Gasteiger partial charge in [-0.25, -0.2) is 32.0 Å². The van der Waals surface area contributed by atoms with Crippen LogP contribution in [0.25, 0.3) is 0 Å². The Bertz CT molecular complexity index is 1650. The molecule has 1 aliphatic heterocycles. The van der Waals surface area contributed by atoms with Crippen molar-refractivity contribution in [2.75, 3.05) is 11.4 Å². The van der Waals surface area contributed by atoms with Crippen molar-refractivity contribution in [1.29, 1.82) is 0 Å². The third-order valence-corrected chi connectivity index (χ3v) is 8.31. The van der Waals surface area contributed by atoms with Crippen molar-refractivity contribution in [3.8, 4) is 0 Å². The molecule has 204 valence electrons. The molecule has 39 heavy (non-hydrogen) atoms. The average Bonchev–Trinajstić information content (AvgIpc) is 3.17. The Labute approximate surface area is 226 Å². The van der Waals surface area contributed by atoms with Crippen LogP contribution in [-0.4, -0.2) is 52.0 Å². The Morgan fingerprint density at radius 1 is 0.872 bits per heavy atom. The molecule has 3 aromatic rings. The fourth-order valence-electron chi connectivity index (χ4n) is 4.38. The van der Waals surface area contributed by atoms with E-state index in [1.807, 2.05) is 0 Å². The predicted molar refractivity (Wildman–Crippen MR) is 142 cm³/mol. The highest BCUT2D eigenvalue weighted by Crippen LogP contribution is 2.28. The molecule has 4 N–H and O–H groups in total. The molecule has 3 aromatic carbocycles. The predicted octanol–water partition coefficient (Wildman–Crippen LogP) is 1.31. The molecule has 1 aliphatic rings. The number of nitrogens with two attached hydrogens (primary N) is 2. The molecule has 1 atom stereocenters. The maximum Gasteiger partial charge on any atom is 0.257 e. The lowest BCUT2D eigenvalue weighted by Crippen LogP contribution is -2.46. The van der Waals surface area contributed by atoms with Crippen LogP contribution in [0.5, 0.6) is 0 Å². The molecule has 0 saturated carbocycles. The van der Waals surface area contributed by atoms with E-state index in [-0.39, 0.29) is 34.9 Å². The summed E-state index contributed by atoms with van der Waals surface area (Å²) in [5.74, 6) is -1.62. The lowest BCUT2D eigenvalue weighted by Gasteiger charge is -2.28. The van der Waals surface area contributed by atoms with Crippen molar-refractivity contribution in [2.45, 2.75) is 35.6 Å². The Kier molecular flexibility index (Phi) is 7.70. The second-order valence-electron chi connectivity index (χ2n) is 9.08. The Morgan fingerprint density at radius 2 is 1.41 bits per heavy atom. The van der Waals surface area contributed by atoms with Crippen LogP contribution in [0.3, 0.4) is 0 Å². The van der Waals surface area contributed by atoms with Gasteiger partial charge in [-0.05, 0) is 66.9 Å². The minimum absolute atomic E-state index is 0.0558. The van der Waals surface area contributed by atoms with E-state index < -0.39 is 43.8 Å². The molecule has 1 unspecified atom stereocenters. The highest BCUT2D eigenvalue weighted by Gasteiger charge is 2.44. The largest absolute Gasteiger partial charge is 0.326 e. The molecule has 1 heterocycles. The molecule has 0 radical (unpaired) electrons. The Balaban J connectivity index is 1.64. The molecule has 11 nitrogen and oxygen atoms in total. The number of benzene rings is 3. The first kappa shape index (κ1) is 28.1. The summed E-state index contributed by atoms with van der Waals surface area (Å²) in [7, 11) is -7.83. The van der Waals surface area contributed by atoms with E-state index in [2.05, 4.69) is 0 Å². The van der Waals surface area contributed by atoms with Crippen LogP contribution in [0.1, 0.15) is 27.9 Å². The van der Waals surface area contributed by atoms with Gasteiger partial charge < -0.3 is 4.90 Å². The average molecular weight is 571 g/mol. The van der Waals surface area contributed by atoms with Crippen LogP contribution < -0.4 is 15.2 Å². The van der Waals surface area contributed by atoms with Gasteiger partial charge in [-0.2, -0.15) is 0 Å². The molecule has 13 heteroatoms. The second-order valence-corrected chi connectivity index (χ2v) is 12.2. The standard InChI is InChI=1S/C26H26N4O7S2/c1-17-4-2-3-5-22(17)25(32)29(15-14-18-6-10-20(11-7-18)38(27,34)35)23-16-24(31)30(26(23)33)19-8-12-21(13-9-19)39(28,36)37/h2-13,23H,14-16H2,1H3,(H2,27,34,35)(H2,28,36,37). The first-order chi connectivity index (χ1) is 18.3. The zero-order valence-electron chi connectivity index (χ0n) is 20.9. The maximum absolute atomic E-state index is 13.7. The number of hydrogen-bond acceptors (Lipinski definition) is 7. The number of amides is 3.